The van der Waals surface area contributed by atoms with Crippen LogP contribution in [-0.4, -0.2) is 32.9 Å². The quantitative estimate of drug-likeness (QED) is 0.304. The summed E-state index contributed by atoms with van der Waals surface area (Å²) in [4.78, 5) is 31.5. The summed E-state index contributed by atoms with van der Waals surface area (Å²) in [6, 6.07) is 11.9. The third-order valence-corrected chi connectivity index (χ3v) is 6.01. The number of amides is 1. The van der Waals surface area contributed by atoms with Crippen LogP contribution in [-0.2, 0) is 0 Å². The van der Waals surface area contributed by atoms with Crippen LogP contribution in [0.25, 0.3) is 11.1 Å². The average molecular weight is 462 g/mol. The number of rotatable bonds is 7. The lowest BCUT2D eigenvalue weighted by molar-refractivity contribution is -0.384. The topological polar surface area (TPSA) is 162 Å². The first kappa shape index (κ1) is 23.1. The molecular formula is C24H27N7O3. The summed E-state index contributed by atoms with van der Waals surface area (Å²) >= 11 is 0. The van der Waals surface area contributed by atoms with Crippen LogP contribution in [0.1, 0.15) is 41.9 Å². The lowest BCUT2D eigenvalue weighted by Gasteiger charge is -2.30. The maximum atomic E-state index is 12.0. The van der Waals surface area contributed by atoms with E-state index >= 15 is 0 Å². The van der Waals surface area contributed by atoms with Gasteiger partial charge in [-0.25, -0.2) is 9.97 Å². The minimum atomic E-state index is -0.659. The molecule has 2 aromatic heterocycles. The molecule has 1 aliphatic rings. The number of anilines is 3. The third-order valence-electron chi connectivity index (χ3n) is 6.01. The molecule has 10 heteroatoms. The minimum absolute atomic E-state index is 0.0123. The van der Waals surface area contributed by atoms with Gasteiger partial charge in [0.2, 0.25) is 0 Å². The molecule has 1 aromatic carbocycles. The molecule has 1 fully saturated rings. The van der Waals surface area contributed by atoms with Crippen molar-refractivity contribution in [1.82, 2.24) is 9.97 Å². The number of carbonyl (C=O) groups excluding carboxylic acids is 1. The molecule has 0 aliphatic heterocycles. The van der Waals surface area contributed by atoms with Gasteiger partial charge in [-0.3, -0.25) is 14.9 Å². The zero-order chi connectivity index (χ0) is 24.2. The molecule has 0 radical (unpaired) electrons. The van der Waals surface area contributed by atoms with Crippen LogP contribution in [0.3, 0.4) is 0 Å². The Balaban J connectivity index is 1.60. The van der Waals surface area contributed by atoms with Gasteiger partial charge in [0.1, 0.15) is 5.82 Å². The van der Waals surface area contributed by atoms with E-state index in [1.54, 1.807) is 30.5 Å². The van der Waals surface area contributed by atoms with Crippen molar-refractivity contribution in [3.63, 3.8) is 0 Å². The molecule has 1 aliphatic carbocycles. The predicted molar refractivity (Wildman–Crippen MR) is 131 cm³/mol. The summed E-state index contributed by atoms with van der Waals surface area (Å²) in [5, 5.41) is 17.7. The van der Waals surface area contributed by atoms with Crippen molar-refractivity contribution in [2.45, 2.75) is 44.7 Å². The molecule has 1 saturated carbocycles. The Kier molecular flexibility index (Phi) is 6.69. The second-order valence-corrected chi connectivity index (χ2v) is 8.45. The van der Waals surface area contributed by atoms with Gasteiger partial charge in [-0.1, -0.05) is 25.0 Å². The van der Waals surface area contributed by atoms with Gasteiger partial charge in [0, 0.05) is 35.5 Å². The molecule has 4 rings (SSSR count). The summed E-state index contributed by atoms with van der Waals surface area (Å²) < 4.78 is 0. The maximum Gasteiger partial charge on any atom is 0.270 e. The van der Waals surface area contributed by atoms with Crippen LogP contribution < -0.4 is 22.1 Å². The van der Waals surface area contributed by atoms with Crippen LogP contribution in [0.2, 0.25) is 0 Å². The normalized spacial score (nSPS) is 17.7. The molecule has 0 spiro atoms. The highest BCUT2D eigenvalue weighted by Crippen LogP contribution is 2.29. The highest BCUT2D eigenvalue weighted by Gasteiger charge is 2.22. The lowest BCUT2D eigenvalue weighted by atomic mass is 9.91. The molecule has 3 aromatic rings. The average Bonchev–Trinajstić information content (AvgIpc) is 2.81. The Morgan fingerprint density at radius 1 is 1.18 bits per heavy atom. The molecule has 34 heavy (non-hydrogen) atoms. The number of non-ortho nitro benzene ring substituents is 1. The van der Waals surface area contributed by atoms with Gasteiger partial charge in [0.25, 0.3) is 11.6 Å². The largest absolute Gasteiger partial charge is 0.379 e. The molecule has 176 valence electrons. The van der Waals surface area contributed by atoms with Gasteiger partial charge in [-0.15, -0.1) is 0 Å². The molecule has 2 atom stereocenters. The van der Waals surface area contributed by atoms with Crippen LogP contribution in [0.15, 0.2) is 48.7 Å². The predicted octanol–water partition coefficient (Wildman–Crippen LogP) is 3.88. The van der Waals surface area contributed by atoms with Gasteiger partial charge in [-0.2, -0.15) is 0 Å². The fraction of sp³-hybridized carbons (Fsp3) is 0.292. The van der Waals surface area contributed by atoms with E-state index in [-0.39, 0.29) is 23.5 Å². The van der Waals surface area contributed by atoms with E-state index < -0.39 is 10.8 Å². The van der Waals surface area contributed by atoms with Gasteiger partial charge >= 0.3 is 0 Å². The Bertz CT molecular complexity index is 1230. The fourth-order valence-electron chi connectivity index (χ4n) is 4.25. The number of nitrogens with two attached hydrogens (primary N) is 2. The van der Waals surface area contributed by atoms with Crippen LogP contribution in [0, 0.1) is 17.0 Å². The van der Waals surface area contributed by atoms with Crippen LogP contribution in [0.4, 0.5) is 22.9 Å². The van der Waals surface area contributed by atoms with Crippen molar-refractivity contribution in [3.8, 4) is 11.1 Å². The number of nitro groups is 1. The van der Waals surface area contributed by atoms with E-state index in [1.807, 2.05) is 13.0 Å². The van der Waals surface area contributed by atoms with Crippen molar-refractivity contribution >= 4 is 28.8 Å². The van der Waals surface area contributed by atoms with Gasteiger partial charge in [-0.05, 0) is 43.5 Å². The minimum Gasteiger partial charge on any atom is -0.379 e. The number of hydrogen-bond acceptors (Lipinski definition) is 8. The second-order valence-electron chi connectivity index (χ2n) is 8.45. The molecule has 0 bridgehead atoms. The summed E-state index contributed by atoms with van der Waals surface area (Å²) in [5.74, 6) is -0.171. The number of aromatic nitrogens is 2. The zero-order valence-corrected chi connectivity index (χ0v) is 18.8. The van der Waals surface area contributed by atoms with Crippen molar-refractivity contribution < 1.29 is 9.72 Å². The summed E-state index contributed by atoms with van der Waals surface area (Å²) in [6.07, 6.45) is 5.76. The van der Waals surface area contributed by atoms with E-state index in [0.29, 0.717) is 22.8 Å². The molecule has 1 amide bonds. The molecule has 6 N–H and O–H groups in total. The third kappa shape index (κ3) is 5.12. The molecular weight excluding hydrogens is 434 g/mol. The smallest absolute Gasteiger partial charge is 0.270 e. The first-order valence-electron chi connectivity index (χ1n) is 11.1. The Hall–Kier alpha value is -4.05. The number of benzene rings is 1. The van der Waals surface area contributed by atoms with Crippen molar-refractivity contribution in [2.75, 3.05) is 10.6 Å². The number of pyridine rings is 2. The van der Waals surface area contributed by atoms with E-state index in [0.717, 1.165) is 36.9 Å². The summed E-state index contributed by atoms with van der Waals surface area (Å²) in [6.45, 7) is 1.81. The highest BCUT2D eigenvalue weighted by atomic mass is 16.6. The van der Waals surface area contributed by atoms with Crippen molar-refractivity contribution in [3.05, 3.63) is 70.2 Å². The first-order valence-corrected chi connectivity index (χ1v) is 11.1. The van der Waals surface area contributed by atoms with Crippen molar-refractivity contribution in [2.24, 2.45) is 11.5 Å². The van der Waals surface area contributed by atoms with E-state index in [1.165, 1.54) is 12.1 Å². The monoisotopic (exact) mass is 461 g/mol. The number of primary amides is 1. The number of aryl methyl sites for hydroxylation is 1. The Morgan fingerprint density at radius 3 is 2.68 bits per heavy atom. The second kappa shape index (κ2) is 9.84. The van der Waals surface area contributed by atoms with E-state index in [2.05, 4.69) is 20.6 Å². The van der Waals surface area contributed by atoms with E-state index in [4.69, 9.17) is 11.5 Å². The molecule has 10 nitrogen and oxygen atoms in total. The number of nitrogens with one attached hydrogen (secondary N) is 2. The molecule has 2 heterocycles. The number of carbonyl (C=O) groups is 1. The van der Waals surface area contributed by atoms with E-state index in [9.17, 15) is 14.9 Å². The first-order chi connectivity index (χ1) is 16.3. The summed E-state index contributed by atoms with van der Waals surface area (Å²) in [5.41, 5.74) is 15.2. The highest BCUT2D eigenvalue weighted by molar-refractivity contribution is 5.97. The van der Waals surface area contributed by atoms with Gasteiger partial charge in [0.15, 0.2) is 5.69 Å². The number of hydrogen-bond donors (Lipinski definition) is 4. The molecule has 0 unspecified atom stereocenters. The number of nitro benzene ring substituents is 1. The lowest BCUT2D eigenvalue weighted by Crippen LogP contribution is -2.42. The van der Waals surface area contributed by atoms with Gasteiger partial charge in [0.05, 0.1) is 22.5 Å². The maximum absolute atomic E-state index is 12.0. The van der Waals surface area contributed by atoms with Crippen LogP contribution in [0.5, 0.6) is 0 Å². The standard InChI is InChI=1S/C24H27N7O3/c1-14-18(15-5-4-6-17(11-15)31(33)34)9-10-22(28-14)30-21-12-16(13-27-23(21)24(26)32)29-20-8-3-2-7-19(20)25/h4-6,9-13,19-20,29H,2-3,7-8,25H2,1H3,(H2,26,32)(H,28,30)/t19-,20+/m0/s1. The van der Waals surface area contributed by atoms with Crippen LogP contribution >= 0.6 is 0 Å². The summed E-state index contributed by atoms with van der Waals surface area (Å²) in [7, 11) is 0. The number of nitrogens with zero attached hydrogens (tertiary/aromatic N) is 3. The SMILES string of the molecule is Cc1nc(Nc2cc(N[C@@H]3CCCC[C@@H]3N)cnc2C(N)=O)ccc1-c1cccc([N+](=O)[O-])c1. The zero-order valence-electron chi connectivity index (χ0n) is 18.8. The van der Waals surface area contributed by atoms with Gasteiger partial charge < -0.3 is 22.1 Å². The van der Waals surface area contributed by atoms with Crippen molar-refractivity contribution in [1.29, 1.82) is 0 Å². The fourth-order valence-corrected chi connectivity index (χ4v) is 4.25. The Labute approximate surface area is 196 Å². The Morgan fingerprint density at radius 2 is 1.97 bits per heavy atom. The molecule has 0 saturated heterocycles.